The fourth-order valence-corrected chi connectivity index (χ4v) is 0.946. The second kappa shape index (κ2) is 2.98. The second-order valence-corrected chi connectivity index (χ2v) is 3.93. The van der Waals surface area contributed by atoms with Gasteiger partial charge in [0.1, 0.15) is 0 Å². The van der Waals surface area contributed by atoms with E-state index in [1.165, 1.54) is 6.07 Å². The molecule has 0 saturated heterocycles. The van der Waals surface area contributed by atoms with Crippen LogP contribution < -0.4 is 0 Å². The van der Waals surface area contributed by atoms with E-state index < -0.39 is 5.95 Å². The first kappa shape index (κ1) is 9.39. The first-order chi connectivity index (χ1) is 5.39. The van der Waals surface area contributed by atoms with Crippen LogP contribution in [-0.2, 0) is 5.41 Å². The molecule has 1 heterocycles. The monoisotopic (exact) mass is 188 g/mol. The molecule has 0 aliphatic heterocycles. The summed E-state index contributed by atoms with van der Waals surface area (Å²) in [6.07, 6.45) is 0. The van der Waals surface area contributed by atoms with Crippen molar-refractivity contribution in [2.45, 2.75) is 26.2 Å². The van der Waals surface area contributed by atoms with Gasteiger partial charge < -0.3 is 0 Å². The molecule has 1 aromatic heterocycles. The molecule has 0 atom stereocenters. The Kier molecular flexibility index (Phi) is 2.33. The van der Waals surface area contributed by atoms with Crippen molar-refractivity contribution < 1.29 is 4.39 Å². The number of hydrogen-bond donors (Lipinski definition) is 0. The molecule has 2 nitrogen and oxygen atoms in total. The smallest absolute Gasteiger partial charge is 0.222 e. The highest BCUT2D eigenvalue weighted by molar-refractivity contribution is 6.28. The molecule has 4 heteroatoms. The van der Waals surface area contributed by atoms with E-state index in [0.29, 0.717) is 5.69 Å². The van der Waals surface area contributed by atoms with Crippen LogP contribution in [0.4, 0.5) is 4.39 Å². The van der Waals surface area contributed by atoms with E-state index in [0.717, 1.165) is 0 Å². The lowest BCUT2D eigenvalue weighted by Crippen LogP contribution is -2.14. The molecule has 0 fully saturated rings. The molecule has 0 radical (unpaired) electrons. The second-order valence-electron chi connectivity index (χ2n) is 3.59. The van der Waals surface area contributed by atoms with Gasteiger partial charge in [0.15, 0.2) is 0 Å². The summed E-state index contributed by atoms with van der Waals surface area (Å²) in [4.78, 5) is 7.26. The molecule has 0 spiro atoms. The fourth-order valence-electron chi connectivity index (χ4n) is 0.774. The molecule has 0 saturated carbocycles. The third-order valence-electron chi connectivity index (χ3n) is 1.44. The summed E-state index contributed by atoms with van der Waals surface area (Å²) >= 11 is 5.49. The van der Waals surface area contributed by atoms with E-state index >= 15 is 0 Å². The zero-order chi connectivity index (χ0) is 9.35. The zero-order valence-corrected chi connectivity index (χ0v) is 7.98. The molecule has 12 heavy (non-hydrogen) atoms. The lowest BCUT2D eigenvalue weighted by Gasteiger charge is -2.16. The van der Waals surface area contributed by atoms with E-state index in [1.54, 1.807) is 0 Å². The van der Waals surface area contributed by atoms with E-state index in [2.05, 4.69) is 9.97 Å². The highest BCUT2D eigenvalue weighted by Gasteiger charge is 2.17. The van der Waals surface area contributed by atoms with E-state index in [-0.39, 0.29) is 10.7 Å². The first-order valence-corrected chi connectivity index (χ1v) is 3.98. The quantitative estimate of drug-likeness (QED) is 0.462. The Hall–Kier alpha value is -0.700. The maximum atomic E-state index is 12.7. The summed E-state index contributed by atoms with van der Waals surface area (Å²) in [6.45, 7) is 5.81. The minimum absolute atomic E-state index is 0.0417. The molecular weight excluding hydrogens is 179 g/mol. The predicted octanol–water partition coefficient (Wildman–Crippen LogP) is 2.57. The van der Waals surface area contributed by atoms with Gasteiger partial charge in [-0.25, -0.2) is 4.98 Å². The standard InChI is InChI=1S/C8H10ClFN2/c1-8(2,3)5-4-6(10)12-7(9)11-5/h4H,1-3H3. The van der Waals surface area contributed by atoms with Crippen LogP contribution in [0.5, 0.6) is 0 Å². The van der Waals surface area contributed by atoms with Crippen LogP contribution >= 0.6 is 11.6 Å². The normalized spacial score (nSPS) is 11.8. The Morgan fingerprint density at radius 1 is 1.33 bits per heavy atom. The predicted molar refractivity (Wildman–Crippen MR) is 45.7 cm³/mol. The largest absolute Gasteiger partial charge is 0.225 e. The van der Waals surface area contributed by atoms with Gasteiger partial charge in [0.2, 0.25) is 11.2 Å². The highest BCUT2D eigenvalue weighted by atomic mass is 35.5. The molecule has 0 unspecified atom stereocenters. The van der Waals surface area contributed by atoms with Crippen molar-refractivity contribution >= 4 is 11.6 Å². The van der Waals surface area contributed by atoms with Crippen molar-refractivity contribution in [2.24, 2.45) is 0 Å². The molecule has 0 aliphatic carbocycles. The molecule has 0 amide bonds. The van der Waals surface area contributed by atoms with Crippen molar-refractivity contribution in [1.82, 2.24) is 9.97 Å². The molecular formula is C8H10ClFN2. The number of nitrogens with zero attached hydrogens (tertiary/aromatic N) is 2. The molecule has 0 N–H and O–H groups in total. The van der Waals surface area contributed by atoms with Gasteiger partial charge in [-0.15, -0.1) is 0 Å². The van der Waals surface area contributed by atoms with Gasteiger partial charge in [-0.05, 0) is 11.6 Å². The summed E-state index contributed by atoms with van der Waals surface area (Å²) in [7, 11) is 0. The SMILES string of the molecule is CC(C)(C)c1cc(F)nc(Cl)n1. The first-order valence-electron chi connectivity index (χ1n) is 3.60. The Labute approximate surface area is 75.8 Å². The Morgan fingerprint density at radius 2 is 1.92 bits per heavy atom. The third kappa shape index (κ3) is 2.14. The number of halogens is 2. The number of rotatable bonds is 0. The summed E-state index contributed by atoms with van der Waals surface area (Å²) < 4.78 is 12.7. The van der Waals surface area contributed by atoms with E-state index in [9.17, 15) is 4.39 Å². The van der Waals surface area contributed by atoms with Crippen molar-refractivity contribution in [3.63, 3.8) is 0 Å². The van der Waals surface area contributed by atoms with Crippen LogP contribution in [0.1, 0.15) is 26.5 Å². The zero-order valence-electron chi connectivity index (χ0n) is 7.23. The van der Waals surface area contributed by atoms with E-state index in [1.807, 2.05) is 20.8 Å². The third-order valence-corrected chi connectivity index (χ3v) is 1.61. The van der Waals surface area contributed by atoms with Crippen molar-refractivity contribution in [1.29, 1.82) is 0 Å². The lowest BCUT2D eigenvalue weighted by molar-refractivity contribution is 0.532. The van der Waals surface area contributed by atoms with Gasteiger partial charge in [-0.1, -0.05) is 20.8 Å². The summed E-state index contributed by atoms with van der Waals surface area (Å²) in [6, 6.07) is 1.30. The average molecular weight is 189 g/mol. The average Bonchev–Trinajstić information content (AvgIpc) is 1.82. The van der Waals surface area contributed by atoms with Crippen LogP contribution in [0.3, 0.4) is 0 Å². The minimum Gasteiger partial charge on any atom is -0.222 e. The van der Waals surface area contributed by atoms with Gasteiger partial charge in [-0.2, -0.15) is 9.37 Å². The van der Waals surface area contributed by atoms with Gasteiger partial charge >= 0.3 is 0 Å². The summed E-state index contributed by atoms with van der Waals surface area (Å²) in [5, 5.41) is -0.0417. The minimum atomic E-state index is -0.583. The molecule has 1 aromatic rings. The highest BCUT2D eigenvalue weighted by Crippen LogP contribution is 2.21. The van der Waals surface area contributed by atoms with Crippen molar-refractivity contribution in [3.8, 4) is 0 Å². The maximum Gasteiger partial charge on any atom is 0.225 e. The van der Waals surface area contributed by atoms with Crippen LogP contribution in [-0.4, -0.2) is 9.97 Å². The summed E-state index contributed by atoms with van der Waals surface area (Å²) in [5.41, 5.74) is 0.410. The van der Waals surface area contributed by atoms with E-state index in [4.69, 9.17) is 11.6 Å². The number of aromatic nitrogens is 2. The van der Waals surface area contributed by atoms with Crippen molar-refractivity contribution in [2.75, 3.05) is 0 Å². The Morgan fingerprint density at radius 3 is 2.33 bits per heavy atom. The molecule has 0 bridgehead atoms. The maximum absolute atomic E-state index is 12.7. The van der Waals surface area contributed by atoms with Gasteiger partial charge in [0.05, 0.1) is 5.69 Å². The molecule has 0 aromatic carbocycles. The fraction of sp³-hybridized carbons (Fsp3) is 0.500. The van der Waals surface area contributed by atoms with Crippen molar-refractivity contribution in [3.05, 3.63) is 23.0 Å². The molecule has 66 valence electrons. The molecule has 1 rings (SSSR count). The Bertz CT molecular complexity index is 273. The summed E-state index contributed by atoms with van der Waals surface area (Å²) in [5.74, 6) is -0.583. The number of hydrogen-bond acceptors (Lipinski definition) is 2. The molecule has 0 aliphatic rings. The Balaban J connectivity index is 3.18. The van der Waals surface area contributed by atoms with Crippen LogP contribution in [0.15, 0.2) is 6.07 Å². The van der Waals surface area contributed by atoms with Crippen LogP contribution in [0, 0.1) is 5.95 Å². The van der Waals surface area contributed by atoms with Crippen LogP contribution in [0.25, 0.3) is 0 Å². The van der Waals surface area contributed by atoms with Crippen LogP contribution in [0.2, 0.25) is 5.28 Å². The van der Waals surface area contributed by atoms with Gasteiger partial charge in [-0.3, -0.25) is 0 Å². The van der Waals surface area contributed by atoms with Gasteiger partial charge in [0.25, 0.3) is 0 Å². The van der Waals surface area contributed by atoms with Gasteiger partial charge in [0, 0.05) is 11.5 Å². The topological polar surface area (TPSA) is 25.8 Å². The lowest BCUT2D eigenvalue weighted by atomic mass is 9.92.